The molecule has 3 nitrogen and oxygen atoms in total. The standard InChI is InChI=1S/C17H32N2O/c1-14(2)19-10-8-16(9-11-19)13-18-17(20)12-15-6-4-3-5-7-15/h14-16H,3-13H2,1-2H3,(H,18,20). The first-order chi connectivity index (χ1) is 9.65. The van der Waals surface area contributed by atoms with Gasteiger partial charge in [-0.25, -0.2) is 0 Å². The third-order valence-corrected chi connectivity index (χ3v) is 5.17. The lowest BCUT2D eigenvalue weighted by molar-refractivity contribution is -0.122. The van der Waals surface area contributed by atoms with Gasteiger partial charge in [0.2, 0.25) is 5.91 Å². The van der Waals surface area contributed by atoms with Crippen molar-refractivity contribution < 1.29 is 4.79 Å². The molecule has 0 spiro atoms. The zero-order valence-corrected chi connectivity index (χ0v) is 13.4. The molecule has 2 fully saturated rings. The Kier molecular flexibility index (Phi) is 6.34. The smallest absolute Gasteiger partial charge is 0.220 e. The highest BCUT2D eigenvalue weighted by Gasteiger charge is 2.22. The van der Waals surface area contributed by atoms with Crippen LogP contribution in [0.2, 0.25) is 0 Å². The molecule has 0 radical (unpaired) electrons. The summed E-state index contributed by atoms with van der Waals surface area (Å²) >= 11 is 0. The molecule has 0 atom stereocenters. The van der Waals surface area contributed by atoms with Crippen molar-refractivity contribution >= 4 is 5.91 Å². The molecule has 1 saturated carbocycles. The maximum atomic E-state index is 12.0. The van der Waals surface area contributed by atoms with Crippen LogP contribution in [0.1, 0.15) is 65.2 Å². The molecule has 0 unspecified atom stereocenters. The molecule has 1 heterocycles. The topological polar surface area (TPSA) is 32.3 Å². The van der Waals surface area contributed by atoms with Crippen molar-refractivity contribution in [2.45, 2.75) is 71.3 Å². The normalized spacial score (nSPS) is 23.1. The summed E-state index contributed by atoms with van der Waals surface area (Å²) in [6, 6.07) is 0.664. The van der Waals surface area contributed by atoms with Gasteiger partial charge in [-0.3, -0.25) is 4.79 Å². The average Bonchev–Trinajstić information content (AvgIpc) is 2.46. The predicted molar refractivity (Wildman–Crippen MR) is 83.6 cm³/mol. The molecule has 0 aromatic heterocycles. The van der Waals surface area contributed by atoms with Gasteiger partial charge in [0, 0.05) is 19.0 Å². The van der Waals surface area contributed by atoms with Crippen LogP contribution < -0.4 is 5.32 Å². The lowest BCUT2D eigenvalue weighted by atomic mass is 9.87. The fraction of sp³-hybridized carbons (Fsp3) is 0.941. The van der Waals surface area contributed by atoms with E-state index in [4.69, 9.17) is 0 Å². The van der Waals surface area contributed by atoms with E-state index < -0.39 is 0 Å². The van der Waals surface area contributed by atoms with E-state index in [0.717, 1.165) is 13.0 Å². The van der Waals surface area contributed by atoms with Crippen molar-refractivity contribution in [1.29, 1.82) is 0 Å². The highest BCUT2D eigenvalue weighted by molar-refractivity contribution is 5.76. The van der Waals surface area contributed by atoms with Crippen LogP contribution in [0.5, 0.6) is 0 Å². The number of amides is 1. The number of carbonyl (C=O) groups excluding carboxylic acids is 1. The van der Waals surface area contributed by atoms with E-state index in [-0.39, 0.29) is 0 Å². The van der Waals surface area contributed by atoms with E-state index in [9.17, 15) is 4.79 Å². The van der Waals surface area contributed by atoms with Crippen molar-refractivity contribution in [3.05, 3.63) is 0 Å². The minimum Gasteiger partial charge on any atom is -0.356 e. The van der Waals surface area contributed by atoms with Gasteiger partial charge in [0.25, 0.3) is 0 Å². The Bertz CT molecular complexity index is 289. The fourth-order valence-corrected chi connectivity index (χ4v) is 3.66. The number of likely N-dealkylation sites (tertiary alicyclic amines) is 1. The van der Waals surface area contributed by atoms with E-state index >= 15 is 0 Å². The molecule has 0 aromatic rings. The quantitative estimate of drug-likeness (QED) is 0.839. The van der Waals surface area contributed by atoms with Crippen LogP contribution in [0.3, 0.4) is 0 Å². The summed E-state index contributed by atoms with van der Waals surface area (Å²) < 4.78 is 0. The molecule has 2 aliphatic rings. The van der Waals surface area contributed by atoms with Crippen molar-refractivity contribution in [1.82, 2.24) is 10.2 Å². The fourth-order valence-electron chi connectivity index (χ4n) is 3.66. The maximum Gasteiger partial charge on any atom is 0.220 e. The Labute approximate surface area is 124 Å². The van der Waals surface area contributed by atoms with Crippen LogP contribution in [0.15, 0.2) is 0 Å². The molecule has 1 aliphatic carbocycles. The molecule has 1 N–H and O–H groups in total. The number of hydrogen-bond acceptors (Lipinski definition) is 2. The van der Waals surface area contributed by atoms with Gasteiger partial charge in [-0.05, 0) is 64.5 Å². The molecule has 0 bridgehead atoms. The summed E-state index contributed by atoms with van der Waals surface area (Å²) in [5, 5.41) is 3.19. The van der Waals surface area contributed by atoms with Gasteiger partial charge < -0.3 is 10.2 Å². The molecule has 1 aliphatic heterocycles. The minimum atomic E-state index is 0.295. The molecular formula is C17H32N2O. The van der Waals surface area contributed by atoms with Crippen LogP contribution in [0, 0.1) is 11.8 Å². The molecule has 3 heteroatoms. The summed E-state index contributed by atoms with van der Waals surface area (Å²) in [5.41, 5.74) is 0. The van der Waals surface area contributed by atoms with Crippen LogP contribution in [0.25, 0.3) is 0 Å². The third-order valence-electron chi connectivity index (χ3n) is 5.17. The van der Waals surface area contributed by atoms with Crippen LogP contribution >= 0.6 is 0 Å². The Morgan fingerprint density at radius 1 is 1.05 bits per heavy atom. The Balaban J connectivity index is 1.59. The molecule has 0 aromatic carbocycles. The molecular weight excluding hydrogens is 248 g/mol. The van der Waals surface area contributed by atoms with E-state index in [2.05, 4.69) is 24.1 Å². The van der Waals surface area contributed by atoms with Crippen LogP contribution in [-0.4, -0.2) is 36.5 Å². The third kappa shape index (κ3) is 5.08. The summed E-state index contributed by atoms with van der Waals surface area (Å²) in [7, 11) is 0. The second-order valence-electron chi connectivity index (χ2n) is 7.09. The summed E-state index contributed by atoms with van der Waals surface area (Å²) in [4.78, 5) is 14.5. The number of rotatable bonds is 5. The zero-order chi connectivity index (χ0) is 14.4. The first kappa shape index (κ1) is 15.8. The lowest BCUT2D eigenvalue weighted by Crippen LogP contribution is -2.41. The summed E-state index contributed by atoms with van der Waals surface area (Å²) in [6.07, 6.45) is 9.79. The zero-order valence-electron chi connectivity index (χ0n) is 13.4. The first-order valence-electron chi connectivity index (χ1n) is 8.66. The highest BCUT2D eigenvalue weighted by atomic mass is 16.1. The maximum absolute atomic E-state index is 12.0. The van der Waals surface area contributed by atoms with E-state index in [1.807, 2.05) is 0 Å². The lowest BCUT2D eigenvalue weighted by Gasteiger charge is -2.34. The number of piperidine rings is 1. The number of nitrogens with zero attached hydrogens (tertiary/aromatic N) is 1. The Morgan fingerprint density at radius 3 is 2.30 bits per heavy atom. The van der Waals surface area contributed by atoms with Gasteiger partial charge in [-0.1, -0.05) is 19.3 Å². The molecule has 1 saturated heterocycles. The van der Waals surface area contributed by atoms with E-state index in [1.165, 1.54) is 58.0 Å². The largest absolute Gasteiger partial charge is 0.356 e. The highest BCUT2D eigenvalue weighted by Crippen LogP contribution is 2.26. The molecule has 1 amide bonds. The van der Waals surface area contributed by atoms with Gasteiger partial charge in [0.1, 0.15) is 0 Å². The van der Waals surface area contributed by atoms with Crippen molar-refractivity contribution in [3.63, 3.8) is 0 Å². The molecule has 2 rings (SSSR count). The van der Waals surface area contributed by atoms with Gasteiger partial charge in [-0.15, -0.1) is 0 Å². The van der Waals surface area contributed by atoms with E-state index in [1.54, 1.807) is 0 Å². The minimum absolute atomic E-state index is 0.295. The van der Waals surface area contributed by atoms with Gasteiger partial charge >= 0.3 is 0 Å². The predicted octanol–water partition coefficient (Wildman–Crippen LogP) is 3.19. The van der Waals surface area contributed by atoms with Crippen molar-refractivity contribution in [2.75, 3.05) is 19.6 Å². The number of carbonyl (C=O) groups is 1. The number of nitrogens with one attached hydrogen (secondary N) is 1. The second-order valence-corrected chi connectivity index (χ2v) is 7.09. The second kappa shape index (κ2) is 8.02. The van der Waals surface area contributed by atoms with Crippen LogP contribution in [-0.2, 0) is 4.79 Å². The molecule has 20 heavy (non-hydrogen) atoms. The number of hydrogen-bond donors (Lipinski definition) is 1. The molecule has 116 valence electrons. The SMILES string of the molecule is CC(C)N1CCC(CNC(=O)CC2CCCCC2)CC1. The van der Waals surface area contributed by atoms with Crippen LogP contribution in [0.4, 0.5) is 0 Å². The first-order valence-corrected chi connectivity index (χ1v) is 8.66. The van der Waals surface area contributed by atoms with Crippen molar-refractivity contribution in [3.8, 4) is 0 Å². The monoisotopic (exact) mass is 280 g/mol. The Morgan fingerprint density at radius 2 is 1.70 bits per heavy atom. The van der Waals surface area contributed by atoms with Gasteiger partial charge in [0.05, 0.1) is 0 Å². The average molecular weight is 280 g/mol. The summed E-state index contributed by atoms with van der Waals surface area (Å²) in [5.74, 6) is 1.65. The Hall–Kier alpha value is -0.570. The summed E-state index contributed by atoms with van der Waals surface area (Å²) in [6.45, 7) is 7.83. The van der Waals surface area contributed by atoms with Gasteiger partial charge in [0.15, 0.2) is 0 Å². The van der Waals surface area contributed by atoms with E-state index in [0.29, 0.717) is 23.8 Å². The van der Waals surface area contributed by atoms with Crippen molar-refractivity contribution in [2.24, 2.45) is 11.8 Å². The van der Waals surface area contributed by atoms with Gasteiger partial charge in [-0.2, -0.15) is 0 Å².